The number of aliphatic hydroxyl groups excluding tert-OH is 1. The Labute approximate surface area is 102 Å². The predicted molar refractivity (Wildman–Crippen MR) is 63.3 cm³/mol. The second-order valence-corrected chi connectivity index (χ2v) is 3.58. The van der Waals surface area contributed by atoms with E-state index in [0.717, 1.165) is 5.56 Å². The van der Waals surface area contributed by atoms with Crippen molar-refractivity contribution in [1.82, 2.24) is 20.2 Å². The summed E-state index contributed by atoms with van der Waals surface area (Å²) in [6.45, 7) is -0.0628. The topological polar surface area (TPSA) is 113 Å². The molecule has 1 atom stereocenters. The van der Waals surface area contributed by atoms with Crippen molar-refractivity contribution in [2.24, 2.45) is 5.11 Å². The lowest BCUT2D eigenvalue weighted by molar-refractivity contribution is 0.245. The quantitative estimate of drug-likeness (QED) is 0.481. The van der Waals surface area contributed by atoms with Crippen LogP contribution in [0.3, 0.4) is 0 Å². The normalized spacial score (nSPS) is 11.8. The molecule has 0 amide bonds. The maximum absolute atomic E-state index is 8.99. The predicted octanol–water partition coefficient (Wildman–Crippen LogP) is 1.01. The van der Waals surface area contributed by atoms with Gasteiger partial charge in [-0.25, -0.2) is 0 Å². The van der Waals surface area contributed by atoms with Gasteiger partial charge in [-0.05, 0) is 10.7 Å². The maximum Gasteiger partial charge on any atom is 0.204 e. The minimum absolute atomic E-state index is 0.195. The van der Waals surface area contributed by atoms with Crippen LogP contribution in [0, 0.1) is 0 Å². The number of aliphatic hydroxyl groups is 1. The van der Waals surface area contributed by atoms with E-state index in [2.05, 4.69) is 25.4 Å². The molecular weight excluding hydrogens is 234 g/mol. The molecule has 0 saturated heterocycles. The van der Waals surface area contributed by atoms with Crippen molar-refractivity contribution in [3.8, 4) is 11.4 Å². The first-order chi connectivity index (χ1) is 8.83. The van der Waals surface area contributed by atoms with Gasteiger partial charge >= 0.3 is 0 Å². The molecule has 0 aliphatic heterocycles. The van der Waals surface area contributed by atoms with Crippen molar-refractivity contribution in [3.63, 3.8) is 0 Å². The molecule has 92 valence electrons. The number of azide groups is 1. The van der Waals surface area contributed by atoms with Gasteiger partial charge in [-0.2, -0.15) is 4.80 Å². The van der Waals surface area contributed by atoms with Crippen LogP contribution in [0.2, 0.25) is 0 Å². The Balaban J connectivity index is 2.13. The molecule has 0 aliphatic carbocycles. The lowest BCUT2D eigenvalue weighted by atomic mass is 10.2. The average Bonchev–Trinajstić information content (AvgIpc) is 2.88. The number of aromatic nitrogens is 4. The Morgan fingerprint density at radius 2 is 2.17 bits per heavy atom. The first-order valence-corrected chi connectivity index (χ1v) is 5.32. The number of hydrogen-bond acceptors (Lipinski definition) is 5. The number of benzene rings is 1. The van der Waals surface area contributed by atoms with Crippen molar-refractivity contribution < 1.29 is 5.11 Å². The minimum atomic E-state index is -0.590. The van der Waals surface area contributed by atoms with Crippen LogP contribution in [0.4, 0.5) is 0 Å². The fraction of sp³-hybridized carbons (Fsp3) is 0.300. The summed E-state index contributed by atoms with van der Waals surface area (Å²) in [6.07, 6.45) is 0. The average molecular weight is 245 g/mol. The summed E-state index contributed by atoms with van der Waals surface area (Å²) >= 11 is 0. The third kappa shape index (κ3) is 2.82. The molecule has 1 unspecified atom stereocenters. The Kier molecular flexibility index (Phi) is 3.85. The number of nitrogens with zero attached hydrogens (tertiary/aromatic N) is 7. The molecule has 1 N–H and O–H groups in total. The fourth-order valence-corrected chi connectivity index (χ4v) is 1.42. The zero-order chi connectivity index (χ0) is 12.8. The van der Waals surface area contributed by atoms with Crippen LogP contribution in [-0.4, -0.2) is 38.0 Å². The summed E-state index contributed by atoms with van der Waals surface area (Å²) in [5.41, 5.74) is 9.17. The van der Waals surface area contributed by atoms with Crippen LogP contribution in [0.5, 0.6) is 0 Å². The number of rotatable bonds is 5. The summed E-state index contributed by atoms with van der Waals surface area (Å²) in [4.78, 5) is 3.95. The lowest BCUT2D eigenvalue weighted by Crippen LogP contribution is -2.19. The van der Waals surface area contributed by atoms with Crippen LogP contribution < -0.4 is 0 Å². The molecule has 18 heavy (non-hydrogen) atoms. The highest BCUT2D eigenvalue weighted by molar-refractivity contribution is 5.52. The van der Waals surface area contributed by atoms with Crippen LogP contribution in [0.25, 0.3) is 21.8 Å². The third-order valence-corrected chi connectivity index (χ3v) is 2.28. The summed E-state index contributed by atoms with van der Waals surface area (Å²) in [6, 6.07) is 8.82. The van der Waals surface area contributed by atoms with Crippen LogP contribution >= 0.6 is 0 Å². The maximum atomic E-state index is 8.99. The van der Waals surface area contributed by atoms with Crippen molar-refractivity contribution in [1.29, 1.82) is 0 Å². The van der Waals surface area contributed by atoms with Gasteiger partial charge in [0, 0.05) is 10.5 Å². The molecule has 8 nitrogen and oxygen atoms in total. The van der Waals surface area contributed by atoms with Gasteiger partial charge in [-0.1, -0.05) is 35.4 Å². The zero-order valence-electron chi connectivity index (χ0n) is 9.46. The van der Waals surface area contributed by atoms with E-state index in [1.165, 1.54) is 4.80 Å². The molecule has 0 aliphatic rings. The molecule has 8 heteroatoms. The van der Waals surface area contributed by atoms with Crippen molar-refractivity contribution in [2.45, 2.75) is 12.6 Å². The molecule has 2 aromatic rings. The molecule has 0 spiro atoms. The monoisotopic (exact) mass is 245 g/mol. The first-order valence-electron chi connectivity index (χ1n) is 5.32. The fourth-order valence-electron chi connectivity index (χ4n) is 1.42. The number of hydrogen-bond donors (Lipinski definition) is 1. The Morgan fingerprint density at radius 1 is 1.39 bits per heavy atom. The highest BCUT2D eigenvalue weighted by atomic mass is 16.3. The van der Waals surface area contributed by atoms with Gasteiger partial charge in [0.25, 0.3) is 0 Å². The van der Waals surface area contributed by atoms with Crippen molar-refractivity contribution in [3.05, 3.63) is 40.8 Å². The highest BCUT2D eigenvalue weighted by Crippen LogP contribution is 2.11. The van der Waals surface area contributed by atoms with Gasteiger partial charge in [-0.3, -0.25) is 0 Å². The molecule has 0 fully saturated rings. The SMILES string of the molecule is [N-]=[N+]=NC(CO)Cn1nnc(-c2ccccc2)n1. The highest BCUT2D eigenvalue weighted by Gasteiger charge is 2.10. The molecule has 0 bridgehead atoms. The van der Waals surface area contributed by atoms with E-state index in [-0.39, 0.29) is 13.2 Å². The van der Waals surface area contributed by atoms with Crippen LogP contribution in [0.1, 0.15) is 0 Å². The van der Waals surface area contributed by atoms with Gasteiger partial charge in [0.15, 0.2) is 0 Å². The lowest BCUT2D eigenvalue weighted by Gasteiger charge is -2.04. The Bertz CT molecular complexity index is 546. The van der Waals surface area contributed by atoms with E-state index in [4.69, 9.17) is 10.6 Å². The van der Waals surface area contributed by atoms with Gasteiger partial charge < -0.3 is 5.11 Å². The van der Waals surface area contributed by atoms with Crippen LogP contribution in [-0.2, 0) is 6.54 Å². The summed E-state index contributed by atoms with van der Waals surface area (Å²) < 4.78 is 0. The van der Waals surface area contributed by atoms with Gasteiger partial charge in [0.2, 0.25) is 5.82 Å². The van der Waals surface area contributed by atoms with Gasteiger partial charge in [0.05, 0.1) is 19.2 Å². The number of tetrazole rings is 1. The van der Waals surface area contributed by atoms with Gasteiger partial charge in [-0.15, -0.1) is 10.2 Å². The summed E-state index contributed by atoms with van der Waals surface area (Å²) in [7, 11) is 0. The van der Waals surface area contributed by atoms with E-state index in [0.29, 0.717) is 5.82 Å². The second-order valence-electron chi connectivity index (χ2n) is 3.58. The molecule has 0 saturated carbocycles. The van der Waals surface area contributed by atoms with E-state index >= 15 is 0 Å². The van der Waals surface area contributed by atoms with E-state index < -0.39 is 6.04 Å². The zero-order valence-corrected chi connectivity index (χ0v) is 9.46. The second kappa shape index (κ2) is 5.76. The van der Waals surface area contributed by atoms with E-state index in [9.17, 15) is 0 Å². The molecule has 1 aromatic heterocycles. The largest absolute Gasteiger partial charge is 0.396 e. The van der Waals surface area contributed by atoms with Crippen molar-refractivity contribution in [2.75, 3.05) is 6.61 Å². The smallest absolute Gasteiger partial charge is 0.204 e. The van der Waals surface area contributed by atoms with Crippen LogP contribution in [0.15, 0.2) is 35.4 Å². The standard InChI is InChI=1S/C10H11N7O/c11-15-12-9(7-18)6-17-14-10(13-16-17)8-4-2-1-3-5-8/h1-5,9,18H,6-7H2. The van der Waals surface area contributed by atoms with Crippen molar-refractivity contribution >= 4 is 0 Å². The molecule has 2 rings (SSSR count). The van der Waals surface area contributed by atoms with Gasteiger partial charge in [0.1, 0.15) is 0 Å². The third-order valence-electron chi connectivity index (χ3n) is 2.28. The molecule has 1 heterocycles. The molecule has 0 radical (unpaired) electrons. The minimum Gasteiger partial charge on any atom is -0.396 e. The van der Waals surface area contributed by atoms with E-state index in [1.54, 1.807) is 0 Å². The summed E-state index contributed by atoms with van der Waals surface area (Å²) in [5.74, 6) is 0.494. The first kappa shape index (κ1) is 12.0. The Morgan fingerprint density at radius 3 is 2.83 bits per heavy atom. The Hall–Kier alpha value is -2.44. The summed E-state index contributed by atoms with van der Waals surface area (Å²) in [5, 5.41) is 24.3. The van der Waals surface area contributed by atoms with E-state index in [1.807, 2.05) is 30.3 Å². The molecule has 1 aromatic carbocycles. The molecular formula is C10H11N7O.